The van der Waals surface area contributed by atoms with E-state index >= 15 is 0 Å². The fraction of sp³-hybridized carbons (Fsp3) is 0.300. The molecule has 13 heavy (non-hydrogen) atoms. The van der Waals surface area contributed by atoms with Gasteiger partial charge in [0.15, 0.2) is 0 Å². The maximum Gasteiger partial charge on any atom is 0.261 e. The predicted molar refractivity (Wildman–Crippen MR) is 51.6 cm³/mol. The zero-order valence-corrected chi connectivity index (χ0v) is 8.44. The molecule has 0 heterocycles. The lowest BCUT2D eigenvalue weighted by Gasteiger charge is -2.03. The lowest BCUT2D eigenvalue weighted by Crippen LogP contribution is -2.02. The maximum absolute atomic E-state index is 13.4. The van der Waals surface area contributed by atoms with E-state index in [1.165, 1.54) is 6.07 Å². The summed E-state index contributed by atoms with van der Waals surface area (Å²) >= 11 is 3.19. The fourth-order valence-electron chi connectivity index (χ4n) is 1.43. The molecule has 0 radical (unpaired) electrons. The highest BCUT2D eigenvalue weighted by molar-refractivity contribution is 9.10. The van der Waals surface area contributed by atoms with Gasteiger partial charge in [-0.3, -0.25) is 0 Å². The molecule has 0 unspecified atom stereocenters. The van der Waals surface area contributed by atoms with E-state index in [-0.39, 0.29) is 5.82 Å². The van der Waals surface area contributed by atoms with Gasteiger partial charge in [-0.1, -0.05) is 15.9 Å². The monoisotopic (exact) mass is 239 g/mol. The van der Waals surface area contributed by atoms with Crippen molar-refractivity contribution in [2.24, 2.45) is 0 Å². The van der Waals surface area contributed by atoms with Crippen LogP contribution < -0.4 is 0 Å². The van der Waals surface area contributed by atoms with Crippen LogP contribution in [0.2, 0.25) is 0 Å². The van der Waals surface area contributed by atoms with Crippen LogP contribution >= 0.6 is 15.9 Å². The molecule has 1 aliphatic rings. The SMILES string of the molecule is [C-]#[N+]C1(c2ccc(Br)cc2F)CC1. The number of rotatable bonds is 1. The molecule has 0 spiro atoms. The topological polar surface area (TPSA) is 4.36 Å². The fourth-order valence-corrected chi connectivity index (χ4v) is 1.76. The molecule has 0 amide bonds. The van der Waals surface area contributed by atoms with E-state index in [0.29, 0.717) is 5.56 Å². The molecule has 0 aliphatic heterocycles. The first-order valence-electron chi connectivity index (χ1n) is 4.02. The summed E-state index contributed by atoms with van der Waals surface area (Å²) in [5, 5.41) is 0. The Morgan fingerprint density at radius 1 is 1.46 bits per heavy atom. The third-order valence-corrected chi connectivity index (χ3v) is 2.86. The van der Waals surface area contributed by atoms with Gasteiger partial charge < -0.3 is 4.85 Å². The second kappa shape index (κ2) is 2.81. The van der Waals surface area contributed by atoms with Crippen LogP contribution in [0.25, 0.3) is 4.85 Å². The molecule has 0 aromatic heterocycles. The Labute approximate surface area is 84.5 Å². The van der Waals surface area contributed by atoms with E-state index in [1.807, 2.05) is 0 Å². The molecule has 1 saturated carbocycles. The minimum atomic E-state index is -0.537. The van der Waals surface area contributed by atoms with E-state index in [1.54, 1.807) is 12.1 Å². The van der Waals surface area contributed by atoms with Crippen LogP contribution in [0, 0.1) is 12.4 Å². The maximum atomic E-state index is 13.4. The van der Waals surface area contributed by atoms with Crippen molar-refractivity contribution in [2.75, 3.05) is 0 Å². The molecule has 1 aromatic carbocycles. The molecule has 0 bridgehead atoms. The third-order valence-electron chi connectivity index (χ3n) is 2.37. The molecule has 3 heteroatoms. The molecule has 0 atom stereocenters. The van der Waals surface area contributed by atoms with Crippen molar-refractivity contribution in [1.29, 1.82) is 0 Å². The smallest absolute Gasteiger partial charge is 0.261 e. The van der Waals surface area contributed by atoms with Gasteiger partial charge in [0.2, 0.25) is 0 Å². The second-order valence-corrected chi connectivity index (χ2v) is 4.18. The highest BCUT2D eigenvalue weighted by atomic mass is 79.9. The number of halogens is 2. The molecular formula is C10H7BrFN. The van der Waals surface area contributed by atoms with Crippen molar-refractivity contribution < 1.29 is 4.39 Å². The van der Waals surface area contributed by atoms with Crippen LogP contribution in [0.15, 0.2) is 22.7 Å². The standard InChI is InChI=1S/C10H7BrFN/c1-13-10(4-5-10)8-3-2-7(11)6-9(8)12/h2-3,6H,4-5H2. The summed E-state index contributed by atoms with van der Waals surface area (Å²) < 4.78 is 14.1. The Balaban J connectivity index is 2.48. The number of nitrogens with zero attached hydrogens (tertiary/aromatic N) is 1. The first-order valence-corrected chi connectivity index (χ1v) is 4.81. The number of benzene rings is 1. The van der Waals surface area contributed by atoms with E-state index in [0.717, 1.165) is 17.3 Å². The van der Waals surface area contributed by atoms with Crippen molar-refractivity contribution in [2.45, 2.75) is 18.4 Å². The first-order chi connectivity index (χ1) is 6.18. The third kappa shape index (κ3) is 1.36. The van der Waals surface area contributed by atoms with E-state index in [9.17, 15) is 4.39 Å². The van der Waals surface area contributed by atoms with Crippen LogP contribution in [0.1, 0.15) is 18.4 Å². The zero-order chi connectivity index (χ0) is 9.47. The van der Waals surface area contributed by atoms with Gasteiger partial charge in [-0.2, -0.15) is 0 Å². The van der Waals surface area contributed by atoms with Gasteiger partial charge >= 0.3 is 0 Å². The van der Waals surface area contributed by atoms with E-state index in [4.69, 9.17) is 6.57 Å². The summed E-state index contributed by atoms with van der Waals surface area (Å²) in [6, 6.07) is 4.90. The minimum absolute atomic E-state index is 0.275. The van der Waals surface area contributed by atoms with Gasteiger partial charge in [-0.15, -0.1) is 0 Å². The van der Waals surface area contributed by atoms with Crippen LogP contribution in [-0.4, -0.2) is 0 Å². The Hall–Kier alpha value is -0.880. The highest BCUT2D eigenvalue weighted by Crippen LogP contribution is 2.50. The van der Waals surface area contributed by atoms with E-state index in [2.05, 4.69) is 20.8 Å². The average molecular weight is 240 g/mol. The van der Waals surface area contributed by atoms with Crippen LogP contribution in [-0.2, 0) is 5.54 Å². The van der Waals surface area contributed by atoms with Gasteiger partial charge in [0.1, 0.15) is 5.82 Å². The second-order valence-electron chi connectivity index (χ2n) is 3.27. The Bertz CT molecular complexity index is 390. The van der Waals surface area contributed by atoms with Gasteiger partial charge in [0.05, 0.1) is 5.56 Å². The summed E-state index contributed by atoms with van der Waals surface area (Å²) in [4.78, 5) is 3.49. The Morgan fingerprint density at radius 3 is 2.62 bits per heavy atom. The van der Waals surface area contributed by atoms with Gasteiger partial charge in [0, 0.05) is 17.3 Å². The summed E-state index contributed by atoms with van der Waals surface area (Å²) in [5.74, 6) is -0.275. The van der Waals surface area contributed by atoms with E-state index < -0.39 is 5.54 Å². The molecule has 66 valence electrons. The average Bonchev–Trinajstić information content (AvgIpc) is 2.85. The molecule has 1 fully saturated rings. The van der Waals surface area contributed by atoms with Crippen molar-refractivity contribution in [3.63, 3.8) is 0 Å². The summed E-state index contributed by atoms with van der Waals surface area (Å²) in [6.45, 7) is 7.00. The van der Waals surface area contributed by atoms with Crippen molar-refractivity contribution in [3.05, 3.63) is 45.5 Å². The summed E-state index contributed by atoms with van der Waals surface area (Å²) in [5.41, 5.74) is 0.0100. The first kappa shape index (κ1) is 8.71. The Morgan fingerprint density at radius 2 is 2.15 bits per heavy atom. The Kier molecular flexibility index (Phi) is 1.88. The molecule has 0 N–H and O–H groups in total. The quantitative estimate of drug-likeness (QED) is 0.661. The van der Waals surface area contributed by atoms with Crippen LogP contribution in [0.3, 0.4) is 0 Å². The number of hydrogen-bond acceptors (Lipinski definition) is 0. The molecule has 1 aromatic rings. The van der Waals surface area contributed by atoms with Crippen LogP contribution in [0.4, 0.5) is 4.39 Å². The van der Waals surface area contributed by atoms with Crippen molar-refractivity contribution in [3.8, 4) is 0 Å². The summed E-state index contributed by atoms with van der Waals surface area (Å²) in [7, 11) is 0. The molecule has 1 nitrogen and oxygen atoms in total. The molecular weight excluding hydrogens is 233 g/mol. The van der Waals surface area contributed by atoms with Crippen molar-refractivity contribution >= 4 is 15.9 Å². The van der Waals surface area contributed by atoms with Gasteiger partial charge in [-0.05, 0) is 18.2 Å². The zero-order valence-electron chi connectivity index (χ0n) is 6.85. The summed E-state index contributed by atoms with van der Waals surface area (Å²) in [6.07, 6.45) is 1.57. The number of hydrogen-bond donors (Lipinski definition) is 0. The lowest BCUT2D eigenvalue weighted by molar-refractivity contribution is 0.596. The molecule has 1 aliphatic carbocycles. The molecule has 0 saturated heterocycles. The highest BCUT2D eigenvalue weighted by Gasteiger charge is 2.54. The van der Waals surface area contributed by atoms with Crippen molar-refractivity contribution in [1.82, 2.24) is 0 Å². The predicted octanol–water partition coefficient (Wildman–Crippen LogP) is 3.50. The molecule has 2 rings (SSSR count). The minimum Gasteiger partial charge on any atom is -0.305 e. The normalized spacial score (nSPS) is 17.9. The van der Waals surface area contributed by atoms with Gasteiger partial charge in [0.25, 0.3) is 5.54 Å². The largest absolute Gasteiger partial charge is 0.305 e. The lowest BCUT2D eigenvalue weighted by atomic mass is 10.1. The van der Waals surface area contributed by atoms with Gasteiger partial charge in [-0.25, -0.2) is 11.0 Å². The van der Waals surface area contributed by atoms with Crippen LogP contribution in [0.5, 0.6) is 0 Å².